The number of sulfonamides is 1. The van der Waals surface area contributed by atoms with Crippen molar-refractivity contribution in [1.82, 2.24) is 10.2 Å². The van der Waals surface area contributed by atoms with E-state index in [9.17, 15) is 18.0 Å². The van der Waals surface area contributed by atoms with E-state index in [4.69, 9.17) is 11.6 Å². The summed E-state index contributed by atoms with van der Waals surface area (Å²) in [6.07, 6.45) is 1.51. The molecule has 35 heavy (non-hydrogen) atoms. The molecule has 0 aliphatic heterocycles. The summed E-state index contributed by atoms with van der Waals surface area (Å²) in [6.45, 7) is 9.53. The lowest BCUT2D eigenvalue weighted by atomic mass is 10.1. The fourth-order valence-corrected chi connectivity index (χ4v) is 4.87. The zero-order chi connectivity index (χ0) is 26.4. The molecule has 2 aromatic rings. The number of anilines is 1. The molecular weight excluding hydrogens is 486 g/mol. The average molecular weight is 522 g/mol. The molecular formula is C26H36ClN3O4S. The second-order valence-electron chi connectivity index (χ2n) is 9.75. The van der Waals surface area contributed by atoms with E-state index < -0.39 is 21.6 Å². The minimum atomic E-state index is -3.59. The first-order valence-corrected chi connectivity index (χ1v) is 13.8. The molecule has 0 fully saturated rings. The van der Waals surface area contributed by atoms with E-state index in [1.807, 2.05) is 51.1 Å². The highest BCUT2D eigenvalue weighted by Gasteiger charge is 2.28. The summed E-state index contributed by atoms with van der Waals surface area (Å²) in [4.78, 5) is 27.7. The molecule has 1 N–H and O–H groups in total. The second kappa shape index (κ2) is 11.9. The van der Waals surface area contributed by atoms with Crippen molar-refractivity contribution in [3.05, 3.63) is 64.7 Å². The van der Waals surface area contributed by atoms with Crippen molar-refractivity contribution in [2.45, 2.75) is 65.6 Å². The van der Waals surface area contributed by atoms with Crippen LogP contribution in [-0.4, -0.2) is 49.5 Å². The summed E-state index contributed by atoms with van der Waals surface area (Å²) in [6, 6.07) is 13.9. The third kappa shape index (κ3) is 8.54. The zero-order valence-corrected chi connectivity index (χ0v) is 22.9. The number of rotatable bonds is 10. The first-order chi connectivity index (χ1) is 16.2. The smallest absolute Gasteiger partial charge is 0.242 e. The number of hydrogen-bond acceptors (Lipinski definition) is 4. The van der Waals surface area contributed by atoms with Crippen LogP contribution in [0.4, 0.5) is 5.69 Å². The van der Waals surface area contributed by atoms with Gasteiger partial charge in [-0.1, -0.05) is 48.0 Å². The van der Waals surface area contributed by atoms with Crippen molar-refractivity contribution in [2.24, 2.45) is 0 Å². The van der Waals surface area contributed by atoms with E-state index >= 15 is 0 Å². The number of benzene rings is 2. The van der Waals surface area contributed by atoms with E-state index in [1.54, 1.807) is 36.9 Å². The number of nitrogens with zero attached hydrogens (tertiary/aromatic N) is 2. The largest absolute Gasteiger partial charge is 0.350 e. The Labute approximate surface area is 214 Å². The molecule has 9 heteroatoms. The summed E-state index contributed by atoms with van der Waals surface area (Å²) in [7, 11) is -3.59. The molecule has 0 bridgehead atoms. The van der Waals surface area contributed by atoms with Gasteiger partial charge in [0.05, 0.1) is 11.9 Å². The van der Waals surface area contributed by atoms with E-state index in [1.165, 1.54) is 4.31 Å². The predicted octanol–water partition coefficient (Wildman–Crippen LogP) is 4.53. The quantitative estimate of drug-likeness (QED) is 0.497. The highest BCUT2D eigenvalue weighted by atomic mass is 35.5. The van der Waals surface area contributed by atoms with Gasteiger partial charge in [0.25, 0.3) is 0 Å². The SMILES string of the molecule is Cc1c(Cl)cccc1N(CCCC(=O)N(Cc1ccccc1)[C@H](C)C(=O)NC(C)(C)C)S(C)(=O)=O. The van der Waals surface area contributed by atoms with Crippen molar-refractivity contribution >= 4 is 39.1 Å². The highest BCUT2D eigenvalue weighted by molar-refractivity contribution is 7.92. The van der Waals surface area contributed by atoms with E-state index in [0.29, 0.717) is 16.3 Å². The first-order valence-electron chi connectivity index (χ1n) is 11.6. The summed E-state index contributed by atoms with van der Waals surface area (Å²) >= 11 is 6.20. The van der Waals surface area contributed by atoms with Crippen molar-refractivity contribution < 1.29 is 18.0 Å². The standard InChI is InChI=1S/C26H36ClN3O4S/c1-19-22(27)14-10-15-23(19)30(35(6,33)34)17-11-16-24(31)29(18-21-12-8-7-9-13-21)20(2)25(32)28-26(3,4)5/h7-10,12-15,20H,11,16-18H2,1-6H3,(H,28,32)/t20-/m1/s1. The van der Waals surface area contributed by atoms with Gasteiger partial charge in [-0.2, -0.15) is 0 Å². The molecule has 2 rings (SSSR count). The van der Waals surface area contributed by atoms with Gasteiger partial charge < -0.3 is 10.2 Å². The van der Waals surface area contributed by atoms with Crippen LogP contribution in [0.2, 0.25) is 5.02 Å². The molecule has 0 aromatic heterocycles. The molecule has 0 spiro atoms. The molecule has 0 saturated carbocycles. The van der Waals surface area contributed by atoms with Crippen LogP contribution >= 0.6 is 11.6 Å². The molecule has 0 aliphatic carbocycles. The Morgan fingerprint density at radius 2 is 1.69 bits per heavy atom. The monoisotopic (exact) mass is 521 g/mol. The highest BCUT2D eigenvalue weighted by Crippen LogP contribution is 2.28. The first kappa shape index (κ1) is 28.7. The third-order valence-corrected chi connectivity index (χ3v) is 7.11. The number of halogens is 1. The number of hydrogen-bond donors (Lipinski definition) is 1. The summed E-state index contributed by atoms with van der Waals surface area (Å²) in [5.74, 6) is -0.462. The van der Waals surface area contributed by atoms with Crippen LogP contribution in [0.5, 0.6) is 0 Å². The average Bonchev–Trinajstić information content (AvgIpc) is 2.75. The van der Waals surface area contributed by atoms with Gasteiger partial charge >= 0.3 is 0 Å². The molecule has 2 amide bonds. The topological polar surface area (TPSA) is 86.8 Å². The van der Waals surface area contributed by atoms with Crippen LogP contribution in [-0.2, 0) is 26.2 Å². The van der Waals surface area contributed by atoms with Gasteiger partial charge in [-0.3, -0.25) is 13.9 Å². The Bertz CT molecular complexity index is 1130. The fraction of sp³-hybridized carbons (Fsp3) is 0.462. The van der Waals surface area contributed by atoms with E-state index in [0.717, 1.165) is 11.8 Å². The predicted molar refractivity (Wildman–Crippen MR) is 142 cm³/mol. The van der Waals surface area contributed by atoms with Gasteiger partial charge in [0.15, 0.2) is 0 Å². The number of amides is 2. The van der Waals surface area contributed by atoms with Crippen LogP contribution < -0.4 is 9.62 Å². The third-order valence-electron chi connectivity index (χ3n) is 5.52. The molecule has 0 saturated heterocycles. The maximum Gasteiger partial charge on any atom is 0.242 e. The summed E-state index contributed by atoms with van der Waals surface area (Å²) in [5.41, 5.74) is 1.62. The van der Waals surface area contributed by atoms with Crippen LogP contribution in [0.25, 0.3) is 0 Å². The molecule has 0 aliphatic rings. The van der Waals surface area contributed by atoms with Crippen molar-refractivity contribution in [3.63, 3.8) is 0 Å². The van der Waals surface area contributed by atoms with Gasteiger partial charge in [-0.25, -0.2) is 8.42 Å². The zero-order valence-electron chi connectivity index (χ0n) is 21.3. The maximum atomic E-state index is 13.3. The van der Waals surface area contributed by atoms with E-state index in [-0.39, 0.29) is 37.7 Å². The molecule has 0 unspecified atom stereocenters. The lowest BCUT2D eigenvalue weighted by Crippen LogP contribution is -2.52. The van der Waals surface area contributed by atoms with Crippen LogP contribution in [0.1, 0.15) is 51.7 Å². The number of nitrogens with one attached hydrogen (secondary N) is 1. The molecule has 7 nitrogen and oxygen atoms in total. The van der Waals surface area contributed by atoms with Crippen LogP contribution in [0.3, 0.4) is 0 Å². The Hall–Kier alpha value is -2.58. The second-order valence-corrected chi connectivity index (χ2v) is 12.1. The van der Waals surface area contributed by atoms with Crippen molar-refractivity contribution in [1.29, 1.82) is 0 Å². The number of carbonyl (C=O) groups is 2. The van der Waals surface area contributed by atoms with Crippen LogP contribution in [0, 0.1) is 6.92 Å². The summed E-state index contributed by atoms with van der Waals surface area (Å²) in [5, 5.41) is 3.41. The molecule has 0 radical (unpaired) electrons. The molecule has 2 aromatic carbocycles. The lowest BCUT2D eigenvalue weighted by molar-refractivity contribution is -0.141. The molecule has 192 valence electrons. The van der Waals surface area contributed by atoms with Crippen molar-refractivity contribution in [3.8, 4) is 0 Å². The molecule has 1 atom stereocenters. The van der Waals surface area contributed by atoms with Gasteiger partial charge in [0.2, 0.25) is 21.8 Å². The van der Waals surface area contributed by atoms with Gasteiger partial charge in [-0.05, 0) is 64.3 Å². The Morgan fingerprint density at radius 3 is 2.26 bits per heavy atom. The maximum absolute atomic E-state index is 13.3. The Kier molecular flexibility index (Phi) is 9.75. The van der Waals surface area contributed by atoms with Crippen molar-refractivity contribution in [2.75, 3.05) is 17.1 Å². The molecule has 0 heterocycles. The lowest BCUT2D eigenvalue weighted by Gasteiger charge is -2.32. The van der Waals surface area contributed by atoms with Gasteiger partial charge in [-0.15, -0.1) is 0 Å². The Balaban J connectivity index is 2.20. The van der Waals surface area contributed by atoms with E-state index in [2.05, 4.69) is 5.32 Å². The number of carbonyl (C=O) groups excluding carboxylic acids is 2. The minimum absolute atomic E-state index is 0.0889. The minimum Gasteiger partial charge on any atom is -0.350 e. The normalized spacial score (nSPS) is 12.7. The van der Waals surface area contributed by atoms with Gasteiger partial charge in [0, 0.05) is 30.1 Å². The van der Waals surface area contributed by atoms with Crippen LogP contribution in [0.15, 0.2) is 48.5 Å². The van der Waals surface area contributed by atoms with Gasteiger partial charge in [0.1, 0.15) is 6.04 Å². The Morgan fingerprint density at radius 1 is 1.06 bits per heavy atom. The fourth-order valence-electron chi connectivity index (χ4n) is 3.69. The summed E-state index contributed by atoms with van der Waals surface area (Å²) < 4.78 is 26.3.